The van der Waals surface area contributed by atoms with Crippen molar-refractivity contribution in [3.63, 3.8) is 0 Å². The van der Waals surface area contributed by atoms with Crippen LogP contribution in [0.3, 0.4) is 0 Å². The Morgan fingerprint density at radius 1 is 1.41 bits per heavy atom. The number of halogens is 1. The highest BCUT2D eigenvalue weighted by molar-refractivity contribution is 7.12. The maximum Gasteiger partial charge on any atom is 0.244 e. The third-order valence-electron chi connectivity index (χ3n) is 4.87. The van der Waals surface area contributed by atoms with Crippen molar-refractivity contribution in [1.29, 1.82) is 5.26 Å². The third-order valence-corrected chi connectivity index (χ3v) is 6.57. The van der Waals surface area contributed by atoms with E-state index < -0.39 is 0 Å². The molecule has 0 saturated heterocycles. The number of aromatic nitrogens is 2. The minimum atomic E-state index is -0.313. The molecule has 1 atom stereocenters. The van der Waals surface area contributed by atoms with E-state index in [0.29, 0.717) is 28.8 Å². The van der Waals surface area contributed by atoms with Crippen LogP contribution in [0.1, 0.15) is 39.4 Å². The standard InChI is InChI=1S/C21H19ClN4O2S/c1-3-16-12(10-27-15-7-5-4-6-14(15)22)8-17(29-16)19-13(9-23)20(24)28-21-18(19)11(2)25-26-21/h4-8,19H,3,10,24H2,1-2H3,(H,25,26). The van der Waals surface area contributed by atoms with Crippen LogP contribution in [0.2, 0.25) is 5.02 Å². The van der Waals surface area contributed by atoms with Crippen LogP contribution >= 0.6 is 22.9 Å². The Kier molecular flexibility index (Phi) is 5.22. The van der Waals surface area contributed by atoms with Gasteiger partial charge in [0, 0.05) is 21.0 Å². The van der Waals surface area contributed by atoms with Crippen molar-refractivity contribution in [3.05, 3.63) is 73.4 Å². The second-order valence-corrected chi connectivity index (χ2v) is 8.24. The van der Waals surface area contributed by atoms with Crippen molar-refractivity contribution < 1.29 is 9.47 Å². The molecule has 1 unspecified atom stereocenters. The lowest BCUT2D eigenvalue weighted by atomic mass is 9.88. The predicted molar refractivity (Wildman–Crippen MR) is 112 cm³/mol. The molecule has 3 heterocycles. The van der Waals surface area contributed by atoms with Crippen LogP contribution < -0.4 is 15.2 Å². The number of nitrogens with one attached hydrogen (secondary N) is 1. The van der Waals surface area contributed by atoms with Crippen LogP contribution in [0.15, 0.2) is 41.8 Å². The Balaban J connectivity index is 1.72. The van der Waals surface area contributed by atoms with E-state index in [-0.39, 0.29) is 11.8 Å². The smallest absolute Gasteiger partial charge is 0.244 e. The average molecular weight is 427 g/mol. The van der Waals surface area contributed by atoms with Crippen molar-refractivity contribution in [2.75, 3.05) is 0 Å². The van der Waals surface area contributed by atoms with Gasteiger partial charge in [-0.3, -0.25) is 5.10 Å². The molecule has 4 rings (SSSR count). The minimum absolute atomic E-state index is 0.0943. The molecule has 2 aromatic heterocycles. The number of aromatic amines is 1. The molecular weight excluding hydrogens is 408 g/mol. The van der Waals surface area contributed by atoms with Crippen molar-refractivity contribution in [2.24, 2.45) is 5.73 Å². The van der Waals surface area contributed by atoms with Crippen molar-refractivity contribution >= 4 is 22.9 Å². The van der Waals surface area contributed by atoms with Crippen molar-refractivity contribution in [3.8, 4) is 17.7 Å². The van der Waals surface area contributed by atoms with Gasteiger partial charge in [-0.15, -0.1) is 16.4 Å². The largest absolute Gasteiger partial charge is 0.487 e. The van der Waals surface area contributed by atoms with E-state index in [4.69, 9.17) is 26.8 Å². The van der Waals surface area contributed by atoms with Gasteiger partial charge < -0.3 is 15.2 Å². The maximum atomic E-state index is 9.73. The Hall–Kier alpha value is -2.95. The number of benzene rings is 1. The molecule has 3 aromatic rings. The lowest BCUT2D eigenvalue weighted by Gasteiger charge is -2.22. The Bertz CT molecular complexity index is 1140. The summed E-state index contributed by atoms with van der Waals surface area (Å²) in [6.45, 7) is 4.40. The molecule has 1 aliphatic rings. The Morgan fingerprint density at radius 3 is 2.93 bits per heavy atom. The zero-order valence-corrected chi connectivity index (χ0v) is 17.5. The number of nitriles is 1. The summed E-state index contributed by atoms with van der Waals surface area (Å²) < 4.78 is 11.5. The number of ether oxygens (including phenoxy) is 2. The first-order valence-corrected chi connectivity index (χ1v) is 10.3. The highest BCUT2D eigenvalue weighted by Crippen LogP contribution is 2.45. The number of nitrogens with two attached hydrogens (primary N) is 1. The molecule has 1 aromatic carbocycles. The zero-order chi connectivity index (χ0) is 20.5. The van der Waals surface area contributed by atoms with Crippen LogP contribution in [-0.4, -0.2) is 10.2 Å². The summed E-state index contributed by atoms with van der Waals surface area (Å²) in [4.78, 5) is 2.20. The van der Waals surface area contributed by atoms with E-state index in [0.717, 1.165) is 28.1 Å². The first kappa shape index (κ1) is 19.4. The van der Waals surface area contributed by atoms with E-state index >= 15 is 0 Å². The van der Waals surface area contributed by atoms with Gasteiger partial charge in [0.05, 0.1) is 16.5 Å². The quantitative estimate of drug-likeness (QED) is 0.611. The summed E-state index contributed by atoms with van der Waals surface area (Å²) >= 11 is 7.85. The molecule has 0 amide bonds. The second kappa shape index (κ2) is 7.82. The number of aryl methyl sites for hydroxylation is 2. The Morgan fingerprint density at radius 2 is 2.21 bits per heavy atom. The number of rotatable bonds is 5. The van der Waals surface area contributed by atoms with E-state index in [1.165, 1.54) is 4.88 Å². The van der Waals surface area contributed by atoms with Crippen LogP contribution in [0.25, 0.3) is 0 Å². The molecule has 29 heavy (non-hydrogen) atoms. The van der Waals surface area contributed by atoms with Gasteiger partial charge in [-0.25, -0.2) is 0 Å². The van der Waals surface area contributed by atoms with Crippen LogP contribution in [0.5, 0.6) is 11.6 Å². The molecule has 0 fully saturated rings. The van der Waals surface area contributed by atoms with Gasteiger partial charge >= 0.3 is 0 Å². The van der Waals surface area contributed by atoms with Crippen LogP contribution in [-0.2, 0) is 13.0 Å². The molecule has 0 bridgehead atoms. The second-order valence-electron chi connectivity index (χ2n) is 6.66. The molecular formula is C21H19ClN4O2S. The minimum Gasteiger partial charge on any atom is -0.487 e. The fourth-order valence-electron chi connectivity index (χ4n) is 3.45. The number of allylic oxidation sites excluding steroid dienone is 1. The van der Waals surface area contributed by atoms with E-state index in [2.05, 4.69) is 29.3 Å². The number of para-hydroxylation sites is 1. The number of nitrogens with zero attached hydrogens (tertiary/aromatic N) is 2. The summed E-state index contributed by atoms with van der Waals surface area (Å²) in [5, 5.41) is 17.4. The number of hydrogen-bond acceptors (Lipinski definition) is 6. The molecule has 0 radical (unpaired) electrons. The van der Waals surface area contributed by atoms with Gasteiger partial charge in [-0.1, -0.05) is 30.7 Å². The highest BCUT2D eigenvalue weighted by atomic mass is 35.5. The third kappa shape index (κ3) is 3.46. The lowest BCUT2D eigenvalue weighted by Crippen LogP contribution is -2.20. The first-order chi connectivity index (χ1) is 14.0. The predicted octanol–water partition coefficient (Wildman–Crippen LogP) is 4.79. The molecule has 0 spiro atoms. The maximum absolute atomic E-state index is 9.73. The number of fused-ring (bicyclic) bond motifs is 1. The fourth-order valence-corrected chi connectivity index (χ4v) is 4.88. The van der Waals surface area contributed by atoms with Gasteiger partial charge in [0.15, 0.2) is 0 Å². The first-order valence-electron chi connectivity index (χ1n) is 9.14. The van der Waals surface area contributed by atoms with E-state index in [1.54, 1.807) is 17.4 Å². The SMILES string of the molecule is CCc1sc(C2C(C#N)=C(N)Oc3n[nH]c(C)c32)cc1COc1ccccc1Cl. The number of hydrogen-bond donors (Lipinski definition) is 2. The molecule has 0 aliphatic carbocycles. The summed E-state index contributed by atoms with van der Waals surface area (Å²) in [6, 6.07) is 11.7. The normalized spacial score (nSPS) is 15.6. The molecule has 8 heteroatoms. The monoisotopic (exact) mass is 426 g/mol. The van der Waals surface area contributed by atoms with Crippen molar-refractivity contribution in [2.45, 2.75) is 32.8 Å². The molecule has 1 aliphatic heterocycles. The van der Waals surface area contributed by atoms with E-state index in [1.807, 2.05) is 25.1 Å². The number of H-pyrrole nitrogens is 1. The fraction of sp³-hybridized carbons (Fsp3) is 0.238. The summed E-state index contributed by atoms with van der Waals surface area (Å²) in [5.41, 5.74) is 9.17. The van der Waals surface area contributed by atoms with Crippen molar-refractivity contribution in [1.82, 2.24) is 10.2 Å². The van der Waals surface area contributed by atoms with Crippen LogP contribution in [0, 0.1) is 18.3 Å². The summed E-state index contributed by atoms with van der Waals surface area (Å²) in [5.74, 6) is 0.845. The van der Waals surface area contributed by atoms with Gasteiger partial charge in [-0.05, 0) is 31.5 Å². The van der Waals surface area contributed by atoms with Gasteiger partial charge in [0.1, 0.15) is 24.0 Å². The van der Waals surface area contributed by atoms with Gasteiger partial charge in [0.25, 0.3) is 0 Å². The molecule has 3 N–H and O–H groups in total. The zero-order valence-electron chi connectivity index (χ0n) is 16.0. The molecule has 148 valence electrons. The lowest BCUT2D eigenvalue weighted by molar-refractivity contribution is 0.306. The average Bonchev–Trinajstić information content (AvgIpc) is 3.29. The van der Waals surface area contributed by atoms with Gasteiger partial charge in [0.2, 0.25) is 11.8 Å². The number of thiophene rings is 1. The van der Waals surface area contributed by atoms with E-state index in [9.17, 15) is 5.26 Å². The topological polar surface area (TPSA) is 97.0 Å². The summed E-state index contributed by atoms with van der Waals surface area (Å²) in [7, 11) is 0. The highest BCUT2D eigenvalue weighted by Gasteiger charge is 2.35. The molecule has 0 saturated carbocycles. The molecule has 6 nitrogen and oxygen atoms in total. The van der Waals surface area contributed by atoms with Crippen LogP contribution in [0.4, 0.5) is 0 Å². The van der Waals surface area contributed by atoms with Gasteiger partial charge in [-0.2, -0.15) is 5.26 Å². The Labute approximate surface area is 177 Å². The summed E-state index contributed by atoms with van der Waals surface area (Å²) in [6.07, 6.45) is 0.855.